The van der Waals surface area contributed by atoms with E-state index in [0.717, 1.165) is 51.4 Å². The Kier molecular flexibility index (Phi) is 5.94. The molecule has 4 nitrogen and oxygen atoms in total. The summed E-state index contributed by atoms with van der Waals surface area (Å²) >= 11 is 3.94. The third kappa shape index (κ3) is 3.43. The van der Waals surface area contributed by atoms with Crippen LogP contribution < -0.4 is 0 Å². The summed E-state index contributed by atoms with van der Waals surface area (Å²) in [6.07, 6.45) is 6.78. The van der Waals surface area contributed by atoms with Crippen LogP contribution in [0.5, 0.6) is 0 Å². The van der Waals surface area contributed by atoms with E-state index in [1.54, 1.807) is 0 Å². The topological polar surface area (TPSA) is 77.8 Å². The highest BCUT2D eigenvalue weighted by atomic mass is 32.1. The van der Waals surface area contributed by atoms with Crippen molar-refractivity contribution in [3.05, 3.63) is 0 Å². The van der Waals surface area contributed by atoms with E-state index in [-0.39, 0.29) is 40.2 Å². The van der Waals surface area contributed by atoms with E-state index in [0.29, 0.717) is 36.0 Å². The first-order valence-corrected chi connectivity index (χ1v) is 12.3. The molecule has 0 bridgehead atoms. The van der Waals surface area contributed by atoms with Crippen LogP contribution in [0.15, 0.2) is 0 Å². The lowest BCUT2D eigenvalue weighted by atomic mass is 9.43. The van der Waals surface area contributed by atoms with Gasteiger partial charge in [-0.1, -0.05) is 20.8 Å². The third-order valence-electron chi connectivity index (χ3n) is 10.3. The highest BCUT2D eigenvalue weighted by molar-refractivity contribution is 7.96. The van der Waals surface area contributed by atoms with Gasteiger partial charge in [0, 0.05) is 6.42 Å². The number of thiol groups is 1. The minimum absolute atomic E-state index is 0.0537. The normalized spacial score (nSPS) is 52.9. The summed E-state index contributed by atoms with van der Waals surface area (Å²) in [6.45, 7) is 6.86. The van der Waals surface area contributed by atoms with E-state index in [2.05, 4.69) is 33.4 Å². The zero-order valence-electron chi connectivity index (χ0n) is 18.3. The first kappa shape index (κ1) is 22.1. The Morgan fingerprint density at radius 2 is 1.79 bits per heavy atom. The minimum atomic E-state index is -0.356. The average molecular weight is 425 g/mol. The Balaban J connectivity index is 1.61. The Hall–Kier alpha value is -0.100. The molecule has 0 aromatic carbocycles. The van der Waals surface area contributed by atoms with Crippen molar-refractivity contribution in [2.45, 2.75) is 96.9 Å². The van der Waals surface area contributed by atoms with Gasteiger partial charge < -0.3 is 15.3 Å². The molecule has 3 N–H and O–H groups in total. The summed E-state index contributed by atoms with van der Waals surface area (Å²) < 4.78 is 0. The van der Waals surface area contributed by atoms with Gasteiger partial charge >= 0.3 is 0 Å². The molecule has 0 aromatic heterocycles. The molecule has 0 spiro atoms. The maximum absolute atomic E-state index is 11.5. The van der Waals surface area contributed by atoms with Gasteiger partial charge in [0.05, 0.1) is 18.3 Å². The summed E-state index contributed by atoms with van der Waals surface area (Å²) in [6, 6.07) is 0. The number of rotatable bonds is 4. The molecule has 4 aliphatic rings. The Labute approximate surface area is 181 Å². The fraction of sp³-hybridized carbons (Fsp3) is 0.958. The van der Waals surface area contributed by atoms with Gasteiger partial charge in [0.2, 0.25) is 0 Å². The van der Waals surface area contributed by atoms with Crippen molar-refractivity contribution in [2.75, 3.05) is 0 Å². The summed E-state index contributed by atoms with van der Waals surface area (Å²) in [5.41, 5.74) is -0.0633. The second kappa shape index (κ2) is 7.79. The number of aliphatic hydroxyl groups excluding tert-OH is 3. The van der Waals surface area contributed by atoms with Crippen LogP contribution in [0.2, 0.25) is 0 Å². The molecule has 0 aliphatic heterocycles. The number of carbonyl (C=O) groups is 1. The highest BCUT2D eigenvalue weighted by Gasteiger charge is 2.65. The van der Waals surface area contributed by atoms with Crippen molar-refractivity contribution in [3.63, 3.8) is 0 Å². The zero-order valence-corrected chi connectivity index (χ0v) is 19.2. The van der Waals surface area contributed by atoms with Crippen LogP contribution in [-0.4, -0.2) is 38.7 Å². The molecule has 11 unspecified atom stereocenters. The maximum atomic E-state index is 11.5. The molecular weight excluding hydrogens is 384 g/mol. The van der Waals surface area contributed by atoms with Crippen LogP contribution in [0.1, 0.15) is 78.6 Å². The van der Waals surface area contributed by atoms with E-state index in [9.17, 15) is 20.1 Å². The van der Waals surface area contributed by atoms with E-state index in [1.807, 2.05) is 0 Å². The van der Waals surface area contributed by atoms with Crippen molar-refractivity contribution in [3.8, 4) is 0 Å². The van der Waals surface area contributed by atoms with E-state index in [1.165, 1.54) is 0 Å². The van der Waals surface area contributed by atoms with Crippen molar-refractivity contribution < 1.29 is 20.1 Å². The van der Waals surface area contributed by atoms with Crippen LogP contribution >= 0.6 is 12.6 Å². The van der Waals surface area contributed by atoms with Crippen molar-refractivity contribution in [1.29, 1.82) is 0 Å². The number of fused-ring (bicyclic) bond motifs is 5. The van der Waals surface area contributed by atoms with Crippen LogP contribution in [-0.2, 0) is 4.79 Å². The van der Waals surface area contributed by atoms with Gasteiger partial charge in [-0.3, -0.25) is 4.79 Å². The molecular formula is C24H40O4S. The molecule has 166 valence electrons. The number of aliphatic hydroxyl groups is 3. The van der Waals surface area contributed by atoms with E-state index >= 15 is 0 Å². The van der Waals surface area contributed by atoms with Gasteiger partial charge in [-0.05, 0) is 97.7 Å². The maximum Gasteiger partial charge on any atom is 0.185 e. The second-order valence-electron chi connectivity index (χ2n) is 11.4. The Morgan fingerprint density at radius 1 is 1.07 bits per heavy atom. The smallest absolute Gasteiger partial charge is 0.185 e. The van der Waals surface area contributed by atoms with Gasteiger partial charge in [-0.2, -0.15) is 0 Å². The lowest BCUT2D eigenvalue weighted by molar-refractivity contribution is -0.207. The minimum Gasteiger partial charge on any atom is -0.393 e. The third-order valence-corrected chi connectivity index (χ3v) is 10.6. The summed E-state index contributed by atoms with van der Waals surface area (Å²) in [7, 11) is 0. The van der Waals surface area contributed by atoms with Crippen LogP contribution in [0.4, 0.5) is 0 Å². The molecule has 11 atom stereocenters. The van der Waals surface area contributed by atoms with E-state index < -0.39 is 0 Å². The van der Waals surface area contributed by atoms with Gasteiger partial charge in [0.1, 0.15) is 0 Å². The van der Waals surface area contributed by atoms with Gasteiger partial charge in [0.25, 0.3) is 0 Å². The van der Waals surface area contributed by atoms with Crippen LogP contribution in [0.25, 0.3) is 0 Å². The molecule has 0 heterocycles. The van der Waals surface area contributed by atoms with E-state index in [4.69, 9.17) is 0 Å². The van der Waals surface area contributed by atoms with Gasteiger partial charge in [-0.25, -0.2) is 0 Å². The van der Waals surface area contributed by atoms with Crippen molar-refractivity contribution in [1.82, 2.24) is 0 Å². The summed E-state index contributed by atoms with van der Waals surface area (Å²) in [5, 5.41) is 32.9. The standard InChI is InChI=1S/C24H40O4S/c1-13(4-7-21(28)29)16-5-6-17-22-18(12-20(27)24(16,17)3)23(2)9-8-15(25)10-14(23)11-19(22)26/h13-20,22,25-27H,4-12H2,1-3H3,(H,28,29). The number of carbonyl (C=O) groups excluding carboxylic acids is 1. The number of hydrogen-bond acceptors (Lipinski definition) is 4. The largest absolute Gasteiger partial charge is 0.393 e. The molecule has 4 saturated carbocycles. The molecule has 4 rings (SSSR count). The SMILES string of the molecule is CC(CCC(=O)S)C1CCC2C3C(O)CC4CC(O)CCC4(C)C3CC(O)C12C. The zero-order chi connectivity index (χ0) is 21.1. The molecule has 4 aliphatic carbocycles. The fourth-order valence-electron chi connectivity index (χ4n) is 8.68. The van der Waals surface area contributed by atoms with Crippen molar-refractivity contribution in [2.24, 2.45) is 46.3 Å². The fourth-order valence-corrected chi connectivity index (χ4v) is 8.81. The molecule has 0 amide bonds. The summed E-state index contributed by atoms with van der Waals surface area (Å²) in [4.78, 5) is 11.4. The van der Waals surface area contributed by atoms with Crippen LogP contribution in [0, 0.1) is 46.3 Å². The molecule has 4 fully saturated rings. The molecule has 0 radical (unpaired) electrons. The molecule has 0 aromatic rings. The second-order valence-corrected chi connectivity index (χ2v) is 11.9. The predicted octanol–water partition coefficient (Wildman–Crippen LogP) is 3.82. The Morgan fingerprint density at radius 3 is 2.48 bits per heavy atom. The first-order valence-electron chi connectivity index (χ1n) is 11.8. The summed E-state index contributed by atoms with van der Waals surface area (Å²) in [5.74, 6) is 2.06. The monoisotopic (exact) mass is 424 g/mol. The van der Waals surface area contributed by atoms with Crippen LogP contribution in [0.3, 0.4) is 0 Å². The molecule has 5 heteroatoms. The molecule has 0 saturated heterocycles. The number of hydrogen-bond donors (Lipinski definition) is 4. The lowest BCUT2D eigenvalue weighted by Gasteiger charge is -2.63. The Bertz CT molecular complexity index is 640. The predicted molar refractivity (Wildman–Crippen MR) is 116 cm³/mol. The quantitative estimate of drug-likeness (QED) is 0.518. The average Bonchev–Trinajstić information content (AvgIpc) is 3.01. The van der Waals surface area contributed by atoms with Gasteiger partial charge in [0.15, 0.2) is 5.12 Å². The van der Waals surface area contributed by atoms with Gasteiger partial charge in [-0.15, -0.1) is 12.6 Å². The molecule has 29 heavy (non-hydrogen) atoms. The van der Waals surface area contributed by atoms with Crippen molar-refractivity contribution >= 4 is 17.7 Å². The highest BCUT2D eigenvalue weighted by Crippen LogP contribution is 2.68. The first-order chi connectivity index (χ1) is 13.6. The lowest BCUT2D eigenvalue weighted by Crippen LogP contribution is -2.62.